The van der Waals surface area contributed by atoms with E-state index in [1.54, 1.807) is 13.2 Å². The van der Waals surface area contributed by atoms with Gasteiger partial charge in [-0.25, -0.2) is 4.98 Å². The summed E-state index contributed by atoms with van der Waals surface area (Å²) in [7, 11) is 1.58. The summed E-state index contributed by atoms with van der Waals surface area (Å²) in [6.45, 7) is 1.85. The van der Waals surface area contributed by atoms with Crippen LogP contribution < -0.4 is 10.1 Å². The van der Waals surface area contributed by atoms with Crippen LogP contribution in [-0.4, -0.2) is 34.1 Å². The molecule has 156 valence electrons. The van der Waals surface area contributed by atoms with Crippen molar-refractivity contribution in [3.05, 3.63) is 47.9 Å². The van der Waals surface area contributed by atoms with Crippen molar-refractivity contribution in [3.8, 4) is 5.75 Å². The fourth-order valence-corrected chi connectivity index (χ4v) is 4.16. The van der Waals surface area contributed by atoms with Gasteiger partial charge in [-0.3, -0.25) is 9.48 Å². The highest BCUT2D eigenvalue weighted by Crippen LogP contribution is 2.35. The summed E-state index contributed by atoms with van der Waals surface area (Å²) in [6, 6.07) is 9.43. The number of nitrogens with zero attached hydrogens (tertiary/aromatic N) is 3. The summed E-state index contributed by atoms with van der Waals surface area (Å²) in [5.74, 6) is 0.779. The number of aromatic nitrogens is 3. The molecule has 4 rings (SSSR count). The third-order valence-corrected chi connectivity index (χ3v) is 5.83. The van der Waals surface area contributed by atoms with Gasteiger partial charge in [-0.15, -0.1) is 0 Å². The molecule has 30 heavy (non-hydrogen) atoms. The van der Waals surface area contributed by atoms with E-state index in [1.165, 1.54) is 0 Å². The van der Waals surface area contributed by atoms with Crippen LogP contribution in [0.25, 0.3) is 10.9 Å². The van der Waals surface area contributed by atoms with Gasteiger partial charge in [0.1, 0.15) is 17.7 Å². The van der Waals surface area contributed by atoms with Crippen LogP contribution in [0.1, 0.15) is 54.3 Å². The molecule has 0 unspecified atom stereocenters. The monoisotopic (exact) mass is 406 g/mol. The van der Waals surface area contributed by atoms with E-state index in [0.717, 1.165) is 48.6 Å². The molecule has 2 aromatic heterocycles. The van der Waals surface area contributed by atoms with Gasteiger partial charge in [0.15, 0.2) is 0 Å². The number of ether oxygens (including phenoxy) is 1. The fourth-order valence-electron chi connectivity index (χ4n) is 4.16. The Morgan fingerprint density at radius 1 is 1.27 bits per heavy atom. The van der Waals surface area contributed by atoms with Crippen LogP contribution in [0.3, 0.4) is 0 Å². The van der Waals surface area contributed by atoms with E-state index in [1.807, 2.05) is 42.1 Å². The van der Waals surface area contributed by atoms with Gasteiger partial charge in [0.25, 0.3) is 5.91 Å². The number of hydrogen-bond acceptors (Lipinski definition) is 5. The third kappa shape index (κ3) is 4.20. The highest BCUT2D eigenvalue weighted by Gasteiger charge is 2.23. The first-order valence-electron chi connectivity index (χ1n) is 10.3. The van der Waals surface area contributed by atoms with E-state index in [0.29, 0.717) is 35.5 Å². The van der Waals surface area contributed by atoms with Crippen LogP contribution >= 0.6 is 0 Å². The average molecular weight is 406 g/mol. The number of anilines is 1. The zero-order valence-electron chi connectivity index (χ0n) is 17.3. The number of benzene rings is 1. The van der Waals surface area contributed by atoms with E-state index < -0.39 is 0 Å². The normalized spacial score (nSPS) is 18.9. The summed E-state index contributed by atoms with van der Waals surface area (Å²) in [5.41, 5.74) is 2.57. The van der Waals surface area contributed by atoms with Crippen molar-refractivity contribution >= 4 is 28.8 Å². The van der Waals surface area contributed by atoms with Gasteiger partial charge in [-0.1, -0.05) is 6.07 Å². The van der Waals surface area contributed by atoms with Gasteiger partial charge in [-0.2, -0.15) is 5.10 Å². The number of fused-ring (bicyclic) bond motifs is 1. The van der Waals surface area contributed by atoms with Crippen LogP contribution in [0, 0.1) is 12.8 Å². The lowest BCUT2D eigenvalue weighted by Gasteiger charge is -2.27. The maximum Gasteiger partial charge on any atom is 0.274 e. The molecule has 0 bridgehead atoms. The Hall–Kier alpha value is -3.22. The quantitative estimate of drug-likeness (QED) is 0.616. The van der Waals surface area contributed by atoms with Crippen LogP contribution in [0.2, 0.25) is 0 Å². The summed E-state index contributed by atoms with van der Waals surface area (Å²) in [4.78, 5) is 27.7. The minimum atomic E-state index is -0.280. The molecular formula is C23H26N4O3. The number of nitrogens with one attached hydrogen (secondary N) is 1. The van der Waals surface area contributed by atoms with Gasteiger partial charge < -0.3 is 14.8 Å². The minimum Gasteiger partial charge on any atom is -0.494 e. The molecule has 0 saturated heterocycles. The number of methoxy groups -OCH3 is 1. The Balaban J connectivity index is 1.56. The number of hydrogen-bond donors (Lipinski definition) is 1. The second kappa shape index (κ2) is 8.65. The van der Waals surface area contributed by atoms with Crippen LogP contribution in [0.15, 0.2) is 36.5 Å². The fraction of sp³-hybridized carbons (Fsp3) is 0.391. The van der Waals surface area contributed by atoms with Crippen molar-refractivity contribution in [3.63, 3.8) is 0 Å². The van der Waals surface area contributed by atoms with Crippen molar-refractivity contribution in [2.75, 3.05) is 12.4 Å². The van der Waals surface area contributed by atoms with E-state index in [9.17, 15) is 9.59 Å². The topological polar surface area (TPSA) is 86.1 Å². The molecule has 7 nitrogen and oxygen atoms in total. The number of rotatable bonds is 6. The Labute approximate surface area is 175 Å². The van der Waals surface area contributed by atoms with E-state index >= 15 is 0 Å². The van der Waals surface area contributed by atoms with Gasteiger partial charge in [0.2, 0.25) is 0 Å². The largest absolute Gasteiger partial charge is 0.494 e. The Morgan fingerprint density at radius 3 is 2.77 bits per heavy atom. The smallest absolute Gasteiger partial charge is 0.274 e. The van der Waals surface area contributed by atoms with E-state index in [-0.39, 0.29) is 5.91 Å². The zero-order valence-corrected chi connectivity index (χ0v) is 17.3. The highest BCUT2D eigenvalue weighted by molar-refractivity contribution is 6.05. The number of aryl methyl sites for hydroxylation is 1. The molecule has 0 spiro atoms. The first kappa shape index (κ1) is 20.1. The van der Waals surface area contributed by atoms with Gasteiger partial charge in [-0.05, 0) is 56.7 Å². The number of carbonyl (C=O) groups excluding carboxylic acids is 2. The number of pyridine rings is 1. The summed E-state index contributed by atoms with van der Waals surface area (Å²) in [6.07, 6.45) is 7.85. The standard InChI is InChI=1S/C23H26N4O3/c1-15-4-3-5-19(24-15)23(29)25-21-12-17-14-27(26-20(17)13-22(21)30-2)18-8-6-16(7-9-18)10-11-28/h3-5,11-14,16,18H,6-10H2,1-2H3,(H,25,29). The predicted molar refractivity (Wildman–Crippen MR) is 115 cm³/mol. The number of aldehydes is 1. The van der Waals surface area contributed by atoms with Crippen molar-refractivity contribution in [2.45, 2.75) is 45.1 Å². The lowest BCUT2D eigenvalue weighted by Crippen LogP contribution is -2.18. The van der Waals surface area contributed by atoms with E-state index in [2.05, 4.69) is 10.3 Å². The lowest BCUT2D eigenvalue weighted by molar-refractivity contribution is -0.108. The molecule has 1 fully saturated rings. The highest BCUT2D eigenvalue weighted by atomic mass is 16.5. The molecule has 1 amide bonds. The molecule has 3 aromatic rings. The molecule has 1 aliphatic rings. The second-order valence-electron chi connectivity index (χ2n) is 7.92. The number of carbonyl (C=O) groups is 2. The molecule has 1 saturated carbocycles. The molecule has 0 radical (unpaired) electrons. The van der Waals surface area contributed by atoms with Gasteiger partial charge >= 0.3 is 0 Å². The molecule has 0 aliphatic heterocycles. The molecule has 0 atom stereocenters. The molecule has 2 heterocycles. The zero-order chi connectivity index (χ0) is 21.1. The SMILES string of the molecule is COc1cc2nn(C3CCC(CC=O)CC3)cc2cc1NC(=O)c1cccc(C)n1. The molecule has 1 aliphatic carbocycles. The molecule has 1 N–H and O–H groups in total. The predicted octanol–water partition coefficient (Wildman–Crippen LogP) is 4.32. The summed E-state index contributed by atoms with van der Waals surface area (Å²) in [5, 5.41) is 8.60. The van der Waals surface area contributed by atoms with Crippen molar-refractivity contribution in [1.29, 1.82) is 0 Å². The first-order valence-corrected chi connectivity index (χ1v) is 10.3. The van der Waals surface area contributed by atoms with Crippen LogP contribution in [-0.2, 0) is 4.79 Å². The molecule has 7 heteroatoms. The third-order valence-electron chi connectivity index (χ3n) is 5.83. The molecular weight excluding hydrogens is 380 g/mol. The lowest BCUT2D eigenvalue weighted by atomic mass is 9.84. The van der Waals surface area contributed by atoms with E-state index in [4.69, 9.17) is 9.84 Å². The minimum absolute atomic E-state index is 0.280. The van der Waals surface area contributed by atoms with Gasteiger partial charge in [0.05, 0.1) is 24.4 Å². The maximum absolute atomic E-state index is 12.6. The van der Waals surface area contributed by atoms with Crippen molar-refractivity contribution in [2.24, 2.45) is 5.92 Å². The second-order valence-corrected chi connectivity index (χ2v) is 7.92. The van der Waals surface area contributed by atoms with Crippen LogP contribution in [0.5, 0.6) is 5.75 Å². The Bertz CT molecular complexity index is 1070. The molecule has 1 aromatic carbocycles. The summed E-state index contributed by atoms with van der Waals surface area (Å²) >= 11 is 0. The van der Waals surface area contributed by atoms with Crippen LogP contribution in [0.4, 0.5) is 5.69 Å². The Morgan fingerprint density at radius 2 is 2.07 bits per heavy atom. The van der Waals surface area contributed by atoms with Crippen molar-refractivity contribution in [1.82, 2.24) is 14.8 Å². The average Bonchev–Trinajstić information content (AvgIpc) is 3.16. The summed E-state index contributed by atoms with van der Waals surface area (Å²) < 4.78 is 7.51. The van der Waals surface area contributed by atoms with Crippen molar-refractivity contribution < 1.29 is 14.3 Å². The number of amides is 1. The maximum atomic E-state index is 12.6. The van der Waals surface area contributed by atoms with Gasteiger partial charge in [0, 0.05) is 29.8 Å². The first-order chi connectivity index (χ1) is 14.6. The Kier molecular flexibility index (Phi) is 5.79.